The van der Waals surface area contributed by atoms with Crippen molar-refractivity contribution < 1.29 is 14.4 Å². The third-order valence-electron chi connectivity index (χ3n) is 12.4. The molecule has 0 unspecified atom stereocenters. The number of hydrogen-bond acceptors (Lipinski definition) is 3. The molecule has 0 heterocycles. The molecule has 10 rings (SSSR count). The Hall–Kier alpha value is -7.23. The van der Waals surface area contributed by atoms with Crippen LogP contribution in [0.25, 0.3) is 64.6 Å². The predicted octanol–water partition coefficient (Wildman–Crippen LogP) is 14.1. The summed E-state index contributed by atoms with van der Waals surface area (Å²) in [6.07, 6.45) is 2.33. The normalized spacial score (nSPS) is 11.6. The van der Waals surface area contributed by atoms with E-state index in [4.69, 9.17) is 0 Å². The van der Waals surface area contributed by atoms with Crippen LogP contribution in [-0.4, -0.2) is 17.3 Å². The minimum absolute atomic E-state index is 0.0872. The number of ketones is 3. The SMILES string of the molecule is O=C(CCc1c2ccccc2cc2ccccc12)c1cc(C(=O)CCc2c3ccccc3cc3ccccc23)cc(C(=O)CCc2c3ccccc3cc3ccccc23)c1. The molecule has 3 heteroatoms. The second-order valence-corrected chi connectivity index (χ2v) is 16.0. The molecular weight excluding hydrogens is 733 g/mol. The second-order valence-electron chi connectivity index (χ2n) is 16.0. The molecule has 0 bridgehead atoms. The van der Waals surface area contributed by atoms with Crippen LogP contribution in [0.3, 0.4) is 0 Å². The van der Waals surface area contributed by atoms with Crippen LogP contribution >= 0.6 is 0 Å². The first-order valence-electron chi connectivity index (χ1n) is 20.9. The topological polar surface area (TPSA) is 51.2 Å². The van der Waals surface area contributed by atoms with Crippen LogP contribution in [0.2, 0.25) is 0 Å². The monoisotopic (exact) mass is 774 g/mol. The number of fused-ring (bicyclic) bond motifs is 6. The van der Waals surface area contributed by atoms with Gasteiger partial charge in [-0.3, -0.25) is 14.4 Å². The minimum atomic E-state index is -0.0872. The maximum atomic E-state index is 14.4. The summed E-state index contributed by atoms with van der Waals surface area (Å²) in [5.41, 5.74) is 4.60. The first-order valence-corrected chi connectivity index (χ1v) is 20.9. The van der Waals surface area contributed by atoms with Crippen molar-refractivity contribution in [2.75, 3.05) is 0 Å². The molecule has 0 saturated heterocycles. The van der Waals surface area contributed by atoms with E-state index in [1.54, 1.807) is 18.2 Å². The highest BCUT2D eigenvalue weighted by Gasteiger charge is 2.20. The van der Waals surface area contributed by atoms with Gasteiger partial charge in [0.05, 0.1) is 0 Å². The fourth-order valence-electron chi connectivity index (χ4n) is 9.39. The van der Waals surface area contributed by atoms with E-state index in [2.05, 4.69) is 91.0 Å². The van der Waals surface area contributed by atoms with E-state index >= 15 is 0 Å². The van der Waals surface area contributed by atoms with Gasteiger partial charge < -0.3 is 0 Å². The molecule has 10 aromatic carbocycles. The molecule has 0 aliphatic carbocycles. The standard InChI is InChI=1S/C57H42O3/c58-55(28-25-52-46-19-7-1-13-37(46)31-38-14-2-8-20-47(38)52)43-34-44(56(59)29-26-53-48-21-9-3-15-39(48)32-40-16-4-10-22-49(40)53)36-45(35-43)57(60)30-27-54-50-23-11-5-17-41(50)33-42-18-6-12-24-51(42)54/h1-24,31-36H,25-30H2. The van der Waals surface area contributed by atoms with Gasteiger partial charge in [0.25, 0.3) is 0 Å². The molecule has 0 aromatic heterocycles. The van der Waals surface area contributed by atoms with E-state index in [1.807, 2.05) is 72.8 Å². The largest absolute Gasteiger partial charge is 0.294 e. The highest BCUT2D eigenvalue weighted by molar-refractivity contribution is 6.09. The van der Waals surface area contributed by atoms with Crippen molar-refractivity contribution in [2.24, 2.45) is 0 Å². The van der Waals surface area contributed by atoms with Crippen LogP contribution in [-0.2, 0) is 19.3 Å². The third kappa shape index (κ3) is 7.03. The van der Waals surface area contributed by atoms with Gasteiger partial charge >= 0.3 is 0 Å². The maximum Gasteiger partial charge on any atom is 0.163 e. The Balaban J connectivity index is 0.990. The van der Waals surface area contributed by atoms with Gasteiger partial charge in [-0.2, -0.15) is 0 Å². The molecule has 0 fully saturated rings. The molecule has 0 aliphatic rings. The fraction of sp³-hybridized carbons (Fsp3) is 0.105. The number of benzene rings is 10. The zero-order valence-corrected chi connectivity index (χ0v) is 33.3. The average molecular weight is 775 g/mol. The van der Waals surface area contributed by atoms with Crippen LogP contribution in [0.4, 0.5) is 0 Å². The molecule has 0 aliphatic heterocycles. The molecule has 0 N–H and O–H groups in total. The summed E-state index contributed by atoms with van der Waals surface area (Å²) in [4.78, 5) is 43.1. The van der Waals surface area contributed by atoms with Crippen molar-refractivity contribution in [3.63, 3.8) is 0 Å². The van der Waals surface area contributed by atoms with E-state index < -0.39 is 0 Å². The number of carbonyl (C=O) groups excluding carboxylic acids is 3. The fourth-order valence-corrected chi connectivity index (χ4v) is 9.39. The number of hydrogen-bond donors (Lipinski definition) is 0. The van der Waals surface area contributed by atoms with Crippen molar-refractivity contribution in [3.8, 4) is 0 Å². The Kier molecular flexibility index (Phi) is 9.79. The molecule has 0 spiro atoms. The molecule has 60 heavy (non-hydrogen) atoms. The van der Waals surface area contributed by atoms with Gasteiger partial charge in [-0.25, -0.2) is 0 Å². The maximum absolute atomic E-state index is 14.4. The van der Waals surface area contributed by atoms with Gasteiger partial charge in [0, 0.05) is 36.0 Å². The Bertz CT molecular complexity index is 2810. The van der Waals surface area contributed by atoms with Crippen LogP contribution < -0.4 is 0 Å². The van der Waals surface area contributed by atoms with Gasteiger partial charge in [-0.05, 0) is 137 Å². The first-order chi connectivity index (χ1) is 29.5. The lowest BCUT2D eigenvalue weighted by Crippen LogP contribution is -2.11. The highest BCUT2D eigenvalue weighted by Crippen LogP contribution is 2.33. The lowest BCUT2D eigenvalue weighted by Gasteiger charge is -2.14. The number of carbonyl (C=O) groups is 3. The van der Waals surface area contributed by atoms with Gasteiger partial charge in [-0.15, -0.1) is 0 Å². The molecule has 0 atom stereocenters. The predicted molar refractivity (Wildman–Crippen MR) is 249 cm³/mol. The summed E-state index contributed by atoms with van der Waals surface area (Å²) in [6, 6.07) is 61.7. The average Bonchev–Trinajstić information content (AvgIpc) is 3.30. The molecular formula is C57H42O3. The summed E-state index contributed by atoms with van der Waals surface area (Å²) in [7, 11) is 0. The molecule has 0 saturated carbocycles. The molecule has 0 amide bonds. The van der Waals surface area contributed by atoms with Gasteiger partial charge in [0.15, 0.2) is 17.3 Å². The van der Waals surface area contributed by atoms with Crippen LogP contribution in [0.15, 0.2) is 182 Å². The zero-order valence-electron chi connectivity index (χ0n) is 33.3. The van der Waals surface area contributed by atoms with Crippen LogP contribution in [0.5, 0.6) is 0 Å². The summed E-state index contributed by atoms with van der Waals surface area (Å²) < 4.78 is 0. The van der Waals surface area contributed by atoms with E-state index in [1.165, 1.54) is 0 Å². The zero-order chi connectivity index (χ0) is 40.6. The van der Waals surface area contributed by atoms with Gasteiger partial charge in [0.1, 0.15) is 0 Å². The Morgan fingerprint density at radius 1 is 0.267 bits per heavy atom. The smallest absolute Gasteiger partial charge is 0.163 e. The van der Waals surface area contributed by atoms with Gasteiger partial charge in [0.2, 0.25) is 0 Å². The summed E-state index contributed by atoms with van der Waals surface area (Å²) in [5.74, 6) is -0.262. The summed E-state index contributed by atoms with van der Waals surface area (Å²) in [5, 5.41) is 13.6. The number of Topliss-reactive ketones (excluding diaryl/α,β-unsaturated/α-hetero) is 3. The first kappa shape index (κ1) is 37.1. The Morgan fingerprint density at radius 3 is 0.683 bits per heavy atom. The highest BCUT2D eigenvalue weighted by atomic mass is 16.1. The number of rotatable bonds is 12. The molecule has 288 valence electrons. The molecule has 0 radical (unpaired) electrons. The van der Waals surface area contributed by atoms with Crippen molar-refractivity contribution in [1.29, 1.82) is 0 Å². The quantitative estimate of drug-likeness (QED) is 0.0917. The van der Waals surface area contributed by atoms with E-state index in [0.717, 1.165) is 81.3 Å². The number of aryl methyl sites for hydroxylation is 3. The van der Waals surface area contributed by atoms with Crippen molar-refractivity contribution in [1.82, 2.24) is 0 Å². The van der Waals surface area contributed by atoms with Crippen molar-refractivity contribution in [2.45, 2.75) is 38.5 Å². The van der Waals surface area contributed by atoms with Crippen molar-refractivity contribution in [3.05, 3.63) is 215 Å². The van der Waals surface area contributed by atoms with Gasteiger partial charge in [-0.1, -0.05) is 146 Å². The summed E-state index contributed by atoms with van der Waals surface area (Å²) >= 11 is 0. The second kappa shape index (κ2) is 15.8. The lowest BCUT2D eigenvalue weighted by atomic mass is 9.89. The van der Waals surface area contributed by atoms with Crippen LogP contribution in [0, 0.1) is 0 Å². The van der Waals surface area contributed by atoms with E-state index in [0.29, 0.717) is 36.0 Å². The Morgan fingerprint density at radius 2 is 0.467 bits per heavy atom. The van der Waals surface area contributed by atoms with Crippen LogP contribution in [0.1, 0.15) is 67.0 Å². The van der Waals surface area contributed by atoms with E-state index in [-0.39, 0.29) is 36.6 Å². The third-order valence-corrected chi connectivity index (χ3v) is 12.4. The summed E-state index contributed by atoms with van der Waals surface area (Å²) in [6.45, 7) is 0. The lowest BCUT2D eigenvalue weighted by molar-refractivity contribution is 0.0982. The van der Waals surface area contributed by atoms with E-state index in [9.17, 15) is 14.4 Å². The molecule has 3 nitrogen and oxygen atoms in total. The Labute approximate surface area is 348 Å². The molecule has 10 aromatic rings. The minimum Gasteiger partial charge on any atom is -0.294 e. The van der Waals surface area contributed by atoms with Crippen molar-refractivity contribution >= 4 is 82.0 Å².